The summed E-state index contributed by atoms with van der Waals surface area (Å²) in [5.74, 6) is 1.06. The Morgan fingerprint density at radius 1 is 1.29 bits per heavy atom. The van der Waals surface area contributed by atoms with Gasteiger partial charge in [0.25, 0.3) is 5.91 Å². The molecule has 0 saturated heterocycles. The first-order valence-corrected chi connectivity index (χ1v) is 8.23. The number of aryl methyl sites for hydroxylation is 1. The summed E-state index contributed by atoms with van der Waals surface area (Å²) in [7, 11) is 0. The van der Waals surface area contributed by atoms with E-state index >= 15 is 0 Å². The van der Waals surface area contributed by atoms with Crippen LogP contribution in [0.2, 0.25) is 0 Å². The van der Waals surface area contributed by atoms with Crippen LogP contribution in [0.25, 0.3) is 0 Å². The third-order valence-corrected chi connectivity index (χ3v) is 3.62. The van der Waals surface area contributed by atoms with Crippen LogP contribution in [0.1, 0.15) is 48.8 Å². The second kappa shape index (κ2) is 9.02. The van der Waals surface area contributed by atoms with Crippen LogP contribution in [-0.4, -0.2) is 33.8 Å². The van der Waals surface area contributed by atoms with Gasteiger partial charge in [-0.1, -0.05) is 19.0 Å². The molecule has 0 fully saturated rings. The van der Waals surface area contributed by atoms with Crippen molar-refractivity contribution in [3.05, 3.63) is 41.5 Å². The Balaban J connectivity index is 1.88. The predicted molar refractivity (Wildman–Crippen MR) is 90.7 cm³/mol. The molecule has 1 atom stereocenters. The van der Waals surface area contributed by atoms with Gasteiger partial charge in [0, 0.05) is 17.7 Å². The second-order valence-corrected chi connectivity index (χ2v) is 5.55. The first-order valence-electron chi connectivity index (χ1n) is 8.23. The molecule has 0 aliphatic carbocycles. The number of carbonyl (C=O) groups excluding carboxylic acids is 1. The van der Waals surface area contributed by atoms with E-state index in [1.54, 1.807) is 12.1 Å². The molecule has 0 bridgehead atoms. The Labute approximate surface area is 141 Å². The van der Waals surface area contributed by atoms with Gasteiger partial charge in [-0.15, -0.1) is 0 Å². The van der Waals surface area contributed by atoms with Gasteiger partial charge in [-0.05, 0) is 37.1 Å². The molecular formula is C17H24N4O3. The number of hydrogen-bond donors (Lipinski definition) is 3. The van der Waals surface area contributed by atoms with E-state index in [4.69, 9.17) is 9.63 Å². The van der Waals surface area contributed by atoms with Crippen LogP contribution >= 0.6 is 0 Å². The molecule has 0 radical (unpaired) electrons. The third kappa shape index (κ3) is 5.06. The van der Waals surface area contributed by atoms with Gasteiger partial charge >= 0.3 is 0 Å². The van der Waals surface area contributed by atoms with Gasteiger partial charge in [0.1, 0.15) is 0 Å². The summed E-state index contributed by atoms with van der Waals surface area (Å²) in [5.41, 5.74) is 1.41. The average molecular weight is 332 g/mol. The second-order valence-electron chi connectivity index (χ2n) is 5.55. The largest absolute Gasteiger partial charge is 0.394 e. The monoisotopic (exact) mass is 332 g/mol. The summed E-state index contributed by atoms with van der Waals surface area (Å²) in [5, 5.41) is 19.0. The fourth-order valence-corrected chi connectivity index (χ4v) is 2.15. The maximum absolute atomic E-state index is 12.1. The molecule has 1 unspecified atom stereocenters. The van der Waals surface area contributed by atoms with Crippen LogP contribution in [0.4, 0.5) is 5.69 Å². The fraction of sp³-hybridized carbons (Fsp3) is 0.471. The lowest BCUT2D eigenvalue weighted by atomic mass is 10.1. The average Bonchev–Trinajstić information content (AvgIpc) is 3.06. The fourth-order valence-electron chi connectivity index (χ4n) is 2.15. The molecule has 1 amide bonds. The Hall–Kier alpha value is -2.41. The molecule has 2 aromatic rings. The topological polar surface area (TPSA) is 100 Å². The summed E-state index contributed by atoms with van der Waals surface area (Å²) in [4.78, 5) is 16.3. The minimum atomic E-state index is -0.217. The third-order valence-electron chi connectivity index (χ3n) is 3.62. The highest BCUT2D eigenvalue weighted by atomic mass is 16.5. The molecule has 3 N–H and O–H groups in total. The standard InChI is InChI=1S/C17H24N4O3/c1-3-5-15-20-16(24-21-15)10-18-14-8-6-12(7-9-14)17(23)19-13(4-2)11-22/h6-9,13,18,22H,3-5,10-11H2,1-2H3,(H,19,23). The van der Waals surface area contributed by atoms with Gasteiger partial charge in [0.2, 0.25) is 5.89 Å². The Morgan fingerprint density at radius 3 is 2.67 bits per heavy atom. The van der Waals surface area contributed by atoms with Gasteiger partial charge in [-0.3, -0.25) is 4.79 Å². The highest BCUT2D eigenvalue weighted by Crippen LogP contribution is 2.11. The number of anilines is 1. The summed E-state index contributed by atoms with van der Waals surface area (Å²) < 4.78 is 5.16. The molecule has 0 saturated carbocycles. The Kier molecular flexibility index (Phi) is 6.74. The van der Waals surface area contributed by atoms with Crippen molar-refractivity contribution < 1.29 is 14.4 Å². The molecule has 0 aliphatic rings. The molecule has 1 aromatic heterocycles. The van der Waals surface area contributed by atoms with Crippen molar-refractivity contribution in [1.29, 1.82) is 0 Å². The van der Waals surface area contributed by atoms with Crippen LogP contribution in [0.15, 0.2) is 28.8 Å². The van der Waals surface area contributed by atoms with Crippen molar-refractivity contribution in [3.63, 3.8) is 0 Å². The van der Waals surface area contributed by atoms with Gasteiger partial charge in [0.05, 0.1) is 19.2 Å². The van der Waals surface area contributed by atoms with Crippen molar-refractivity contribution in [3.8, 4) is 0 Å². The highest BCUT2D eigenvalue weighted by molar-refractivity contribution is 5.94. The van der Waals surface area contributed by atoms with Gasteiger partial charge < -0.3 is 20.3 Å². The molecule has 7 heteroatoms. The van der Waals surface area contributed by atoms with E-state index in [2.05, 4.69) is 27.7 Å². The van der Waals surface area contributed by atoms with Crippen LogP contribution in [-0.2, 0) is 13.0 Å². The van der Waals surface area contributed by atoms with Gasteiger partial charge in [-0.25, -0.2) is 0 Å². The van der Waals surface area contributed by atoms with E-state index in [0.29, 0.717) is 24.4 Å². The highest BCUT2D eigenvalue weighted by Gasteiger charge is 2.11. The molecule has 0 spiro atoms. The summed E-state index contributed by atoms with van der Waals surface area (Å²) >= 11 is 0. The lowest BCUT2D eigenvalue weighted by Gasteiger charge is -2.14. The van der Waals surface area contributed by atoms with Crippen molar-refractivity contribution in [2.75, 3.05) is 11.9 Å². The smallest absolute Gasteiger partial charge is 0.251 e. The van der Waals surface area contributed by atoms with Crippen molar-refractivity contribution >= 4 is 11.6 Å². The number of nitrogens with zero attached hydrogens (tertiary/aromatic N) is 2. The van der Waals surface area contributed by atoms with Crippen LogP contribution < -0.4 is 10.6 Å². The van der Waals surface area contributed by atoms with Crippen LogP contribution in [0, 0.1) is 0 Å². The minimum absolute atomic E-state index is 0.0634. The number of hydrogen-bond acceptors (Lipinski definition) is 6. The van der Waals surface area contributed by atoms with E-state index in [-0.39, 0.29) is 18.6 Å². The summed E-state index contributed by atoms with van der Waals surface area (Å²) in [6.07, 6.45) is 2.47. The van der Waals surface area contributed by atoms with Crippen LogP contribution in [0.5, 0.6) is 0 Å². The van der Waals surface area contributed by atoms with E-state index in [9.17, 15) is 4.79 Å². The SMILES string of the molecule is CCCc1noc(CNc2ccc(C(=O)NC(CC)CO)cc2)n1. The number of aliphatic hydroxyl groups excluding tert-OH is 1. The molecule has 24 heavy (non-hydrogen) atoms. The molecule has 130 valence electrons. The number of benzene rings is 1. The number of aromatic nitrogens is 2. The summed E-state index contributed by atoms with van der Waals surface area (Å²) in [6, 6.07) is 6.89. The Morgan fingerprint density at radius 2 is 2.04 bits per heavy atom. The molecule has 1 heterocycles. The number of carbonyl (C=O) groups is 1. The van der Waals surface area contributed by atoms with E-state index in [0.717, 1.165) is 24.4 Å². The predicted octanol–water partition coefficient (Wildman–Crippen LogP) is 2.13. The minimum Gasteiger partial charge on any atom is -0.394 e. The molecule has 7 nitrogen and oxygen atoms in total. The molecule has 0 aliphatic heterocycles. The molecule has 2 rings (SSSR count). The van der Waals surface area contributed by atoms with Crippen molar-refractivity contribution in [2.24, 2.45) is 0 Å². The lowest BCUT2D eigenvalue weighted by Crippen LogP contribution is -2.36. The maximum Gasteiger partial charge on any atom is 0.251 e. The molecular weight excluding hydrogens is 308 g/mol. The number of amides is 1. The zero-order chi connectivity index (χ0) is 17.4. The van der Waals surface area contributed by atoms with E-state index in [1.165, 1.54) is 0 Å². The quantitative estimate of drug-likeness (QED) is 0.650. The zero-order valence-electron chi connectivity index (χ0n) is 14.1. The molecule has 1 aromatic carbocycles. The Bertz CT molecular complexity index is 636. The van der Waals surface area contributed by atoms with Gasteiger partial charge in [0.15, 0.2) is 5.82 Å². The number of aliphatic hydroxyl groups is 1. The van der Waals surface area contributed by atoms with E-state index < -0.39 is 0 Å². The van der Waals surface area contributed by atoms with Crippen LogP contribution in [0.3, 0.4) is 0 Å². The van der Waals surface area contributed by atoms with Crippen molar-refractivity contribution in [1.82, 2.24) is 15.5 Å². The first kappa shape index (κ1) is 17.9. The van der Waals surface area contributed by atoms with Crippen molar-refractivity contribution in [2.45, 2.75) is 45.7 Å². The normalized spacial score (nSPS) is 12.0. The number of nitrogens with one attached hydrogen (secondary N) is 2. The zero-order valence-corrected chi connectivity index (χ0v) is 14.1. The maximum atomic E-state index is 12.1. The van der Waals surface area contributed by atoms with E-state index in [1.807, 2.05) is 19.1 Å². The lowest BCUT2D eigenvalue weighted by molar-refractivity contribution is 0.0915. The number of rotatable bonds is 9. The summed E-state index contributed by atoms with van der Waals surface area (Å²) in [6.45, 7) is 4.35. The first-order chi connectivity index (χ1) is 11.7. The van der Waals surface area contributed by atoms with Gasteiger partial charge in [-0.2, -0.15) is 4.98 Å².